The van der Waals surface area contributed by atoms with Crippen LogP contribution in [-0.4, -0.2) is 18.1 Å². The van der Waals surface area contributed by atoms with Crippen LogP contribution in [0.1, 0.15) is 58.2 Å². The minimum absolute atomic E-state index is 0.182. The molecule has 0 aromatic carbocycles. The Hall–Kier alpha value is -0.410. The third kappa shape index (κ3) is 4.28. The Morgan fingerprint density at radius 2 is 2.05 bits per heavy atom. The van der Waals surface area contributed by atoms with Gasteiger partial charge in [-0.15, -0.1) is 11.3 Å². The first-order valence-electron chi connectivity index (χ1n) is 7.46. The number of thiazole rings is 1. The van der Waals surface area contributed by atoms with Crippen LogP contribution < -0.4 is 5.32 Å². The van der Waals surface area contributed by atoms with Crippen LogP contribution in [0.5, 0.6) is 0 Å². The van der Waals surface area contributed by atoms with E-state index in [1.165, 1.54) is 30.0 Å². The molecule has 1 aliphatic rings. The van der Waals surface area contributed by atoms with E-state index in [1.54, 1.807) is 0 Å². The van der Waals surface area contributed by atoms with Crippen molar-refractivity contribution >= 4 is 11.3 Å². The average molecular weight is 280 g/mol. The van der Waals surface area contributed by atoms with Gasteiger partial charge in [0.2, 0.25) is 0 Å². The molecule has 19 heavy (non-hydrogen) atoms. The van der Waals surface area contributed by atoms with Gasteiger partial charge in [0.05, 0.1) is 10.7 Å². The second-order valence-corrected chi connectivity index (χ2v) is 8.52. The molecule has 3 heteroatoms. The van der Waals surface area contributed by atoms with Crippen molar-refractivity contribution in [2.24, 2.45) is 11.3 Å². The lowest BCUT2D eigenvalue weighted by Crippen LogP contribution is -2.28. The molecule has 2 nitrogen and oxygen atoms in total. The molecule has 0 aliphatic heterocycles. The number of rotatable bonds is 6. The molecule has 2 rings (SSSR count). The molecule has 1 aromatic rings. The van der Waals surface area contributed by atoms with Gasteiger partial charge in [-0.3, -0.25) is 0 Å². The molecule has 1 heterocycles. The summed E-state index contributed by atoms with van der Waals surface area (Å²) in [7, 11) is 0. The summed E-state index contributed by atoms with van der Waals surface area (Å²) in [6.45, 7) is 13.5. The molecule has 0 radical (unpaired) electrons. The molecule has 1 fully saturated rings. The zero-order valence-corrected chi connectivity index (χ0v) is 13.9. The van der Waals surface area contributed by atoms with Gasteiger partial charge in [0.1, 0.15) is 0 Å². The molecular formula is C16H28N2S. The summed E-state index contributed by atoms with van der Waals surface area (Å²) in [6.07, 6.45) is 3.89. The molecule has 1 aromatic heterocycles. The maximum atomic E-state index is 4.84. The topological polar surface area (TPSA) is 24.9 Å². The Kier molecular flexibility index (Phi) is 4.36. The number of aromatic nitrogens is 1. The second-order valence-electron chi connectivity index (χ2n) is 7.58. The average Bonchev–Trinajstić information content (AvgIpc) is 2.85. The lowest BCUT2D eigenvalue weighted by molar-refractivity contribution is 0.430. The van der Waals surface area contributed by atoms with Gasteiger partial charge in [-0.05, 0) is 30.7 Å². The van der Waals surface area contributed by atoms with E-state index < -0.39 is 0 Å². The maximum absolute atomic E-state index is 4.84. The standard InChI is InChI=1S/C16H28N2S/c1-12(2)9-17-11-16(6-7-16)8-14-18-13(10-19-14)15(3,4)5/h10,12,17H,6-9,11H2,1-5H3. The fourth-order valence-electron chi connectivity index (χ4n) is 2.28. The highest BCUT2D eigenvalue weighted by atomic mass is 32.1. The fraction of sp³-hybridized carbons (Fsp3) is 0.812. The molecule has 1 saturated carbocycles. The lowest BCUT2D eigenvalue weighted by atomic mass is 9.93. The van der Waals surface area contributed by atoms with Gasteiger partial charge >= 0.3 is 0 Å². The largest absolute Gasteiger partial charge is 0.316 e. The molecule has 0 bridgehead atoms. The van der Waals surface area contributed by atoms with Crippen LogP contribution >= 0.6 is 11.3 Å². The normalized spacial score (nSPS) is 18.0. The van der Waals surface area contributed by atoms with E-state index in [1.807, 2.05) is 11.3 Å². The van der Waals surface area contributed by atoms with Gasteiger partial charge in [-0.2, -0.15) is 0 Å². The third-order valence-corrected chi connectivity index (χ3v) is 4.70. The molecular weight excluding hydrogens is 252 g/mol. The van der Waals surface area contributed by atoms with Gasteiger partial charge in [-0.25, -0.2) is 4.98 Å². The zero-order chi connectivity index (χ0) is 14.1. The minimum atomic E-state index is 0.182. The molecule has 1 N–H and O–H groups in total. The van der Waals surface area contributed by atoms with Gasteiger partial charge in [-0.1, -0.05) is 34.6 Å². The van der Waals surface area contributed by atoms with E-state index in [0.29, 0.717) is 5.41 Å². The first-order valence-corrected chi connectivity index (χ1v) is 8.34. The van der Waals surface area contributed by atoms with Gasteiger partial charge in [0.25, 0.3) is 0 Å². The fourth-order valence-corrected chi connectivity index (χ4v) is 3.47. The Morgan fingerprint density at radius 3 is 2.53 bits per heavy atom. The van der Waals surface area contributed by atoms with Crippen molar-refractivity contribution in [2.45, 2.75) is 59.3 Å². The van der Waals surface area contributed by atoms with Crippen molar-refractivity contribution in [3.05, 3.63) is 16.1 Å². The molecule has 0 saturated heterocycles. The van der Waals surface area contributed by atoms with E-state index in [-0.39, 0.29) is 5.41 Å². The summed E-state index contributed by atoms with van der Waals surface area (Å²) in [4.78, 5) is 4.84. The smallest absolute Gasteiger partial charge is 0.0934 e. The van der Waals surface area contributed by atoms with E-state index >= 15 is 0 Å². The van der Waals surface area contributed by atoms with Crippen molar-refractivity contribution in [1.82, 2.24) is 10.3 Å². The van der Waals surface area contributed by atoms with Crippen molar-refractivity contribution in [2.75, 3.05) is 13.1 Å². The predicted molar refractivity (Wildman–Crippen MR) is 83.9 cm³/mol. The highest BCUT2D eigenvalue weighted by Crippen LogP contribution is 2.48. The Morgan fingerprint density at radius 1 is 1.37 bits per heavy atom. The number of hydrogen-bond donors (Lipinski definition) is 1. The monoisotopic (exact) mass is 280 g/mol. The van der Waals surface area contributed by atoms with Crippen LogP contribution in [0.2, 0.25) is 0 Å². The van der Waals surface area contributed by atoms with Crippen molar-refractivity contribution in [1.29, 1.82) is 0 Å². The second kappa shape index (κ2) is 5.53. The van der Waals surface area contributed by atoms with Crippen LogP contribution in [0.15, 0.2) is 5.38 Å². The quantitative estimate of drug-likeness (QED) is 0.851. The van der Waals surface area contributed by atoms with E-state index in [2.05, 4.69) is 45.3 Å². The number of nitrogens with zero attached hydrogens (tertiary/aromatic N) is 1. The van der Waals surface area contributed by atoms with Gasteiger partial charge in [0.15, 0.2) is 0 Å². The molecule has 0 amide bonds. The summed E-state index contributed by atoms with van der Waals surface area (Å²) in [5.74, 6) is 0.739. The van der Waals surface area contributed by atoms with Crippen LogP contribution in [0.25, 0.3) is 0 Å². The molecule has 1 aliphatic carbocycles. The first-order chi connectivity index (χ1) is 8.81. The zero-order valence-electron chi connectivity index (χ0n) is 13.0. The van der Waals surface area contributed by atoms with Crippen LogP contribution in [-0.2, 0) is 11.8 Å². The van der Waals surface area contributed by atoms with Gasteiger partial charge < -0.3 is 5.32 Å². The Bertz CT molecular complexity index is 411. The number of hydrogen-bond acceptors (Lipinski definition) is 3. The lowest BCUT2D eigenvalue weighted by Gasteiger charge is -2.16. The van der Waals surface area contributed by atoms with E-state index in [4.69, 9.17) is 4.98 Å². The van der Waals surface area contributed by atoms with E-state index in [0.717, 1.165) is 19.0 Å². The maximum Gasteiger partial charge on any atom is 0.0934 e. The van der Waals surface area contributed by atoms with Crippen molar-refractivity contribution in [3.63, 3.8) is 0 Å². The summed E-state index contributed by atoms with van der Waals surface area (Å²) in [5, 5.41) is 7.19. The predicted octanol–water partition coefficient (Wildman–Crippen LogP) is 4.01. The summed E-state index contributed by atoms with van der Waals surface area (Å²) in [6, 6.07) is 0. The van der Waals surface area contributed by atoms with Crippen LogP contribution in [0.4, 0.5) is 0 Å². The highest BCUT2D eigenvalue weighted by Gasteiger charge is 2.42. The summed E-state index contributed by atoms with van der Waals surface area (Å²) in [5.41, 5.74) is 1.95. The third-order valence-electron chi connectivity index (χ3n) is 3.86. The van der Waals surface area contributed by atoms with Crippen molar-refractivity contribution in [3.8, 4) is 0 Å². The minimum Gasteiger partial charge on any atom is -0.316 e. The summed E-state index contributed by atoms with van der Waals surface area (Å²) >= 11 is 1.84. The van der Waals surface area contributed by atoms with Crippen molar-refractivity contribution < 1.29 is 0 Å². The van der Waals surface area contributed by atoms with E-state index in [9.17, 15) is 0 Å². The molecule has 0 spiro atoms. The van der Waals surface area contributed by atoms with Crippen LogP contribution in [0.3, 0.4) is 0 Å². The molecule has 0 unspecified atom stereocenters. The number of nitrogens with one attached hydrogen (secondary N) is 1. The SMILES string of the molecule is CC(C)CNCC1(Cc2nc(C(C)(C)C)cs2)CC1. The highest BCUT2D eigenvalue weighted by molar-refractivity contribution is 7.09. The Labute approximate surface area is 122 Å². The molecule has 0 atom stereocenters. The van der Waals surface area contributed by atoms with Gasteiger partial charge in [0, 0.05) is 23.8 Å². The first kappa shape index (κ1) is 15.0. The summed E-state index contributed by atoms with van der Waals surface area (Å²) < 4.78 is 0. The molecule has 108 valence electrons. The Balaban J connectivity index is 1.88. The van der Waals surface area contributed by atoms with Crippen LogP contribution in [0, 0.1) is 11.3 Å².